The Morgan fingerprint density at radius 1 is 1.28 bits per heavy atom. The van der Waals surface area contributed by atoms with Crippen LogP contribution in [0.1, 0.15) is 44.9 Å². The molecule has 102 valence electrons. The van der Waals surface area contributed by atoms with Crippen molar-refractivity contribution in [1.82, 2.24) is 4.90 Å². The summed E-state index contributed by atoms with van der Waals surface area (Å²) in [6.45, 7) is 11.7. The number of aryl methyl sites for hydroxylation is 1. The van der Waals surface area contributed by atoms with E-state index in [0.717, 1.165) is 18.7 Å². The summed E-state index contributed by atoms with van der Waals surface area (Å²) in [5.41, 5.74) is 0.973. The molecule has 0 spiro atoms. The second-order valence-electron chi connectivity index (χ2n) is 5.24. The van der Waals surface area contributed by atoms with Crippen molar-refractivity contribution in [1.29, 1.82) is 0 Å². The predicted octanol–water partition coefficient (Wildman–Crippen LogP) is 3.29. The smallest absolute Gasteiger partial charge is 0.126 e. The van der Waals surface area contributed by atoms with Crippen molar-refractivity contribution in [3.63, 3.8) is 0 Å². The lowest BCUT2D eigenvalue weighted by molar-refractivity contribution is -0.00632. The van der Waals surface area contributed by atoms with Crippen molar-refractivity contribution in [2.75, 3.05) is 13.1 Å². The molecule has 0 heterocycles. The van der Waals surface area contributed by atoms with Crippen molar-refractivity contribution >= 4 is 0 Å². The van der Waals surface area contributed by atoms with E-state index in [4.69, 9.17) is 0 Å². The van der Waals surface area contributed by atoms with Crippen LogP contribution in [0.3, 0.4) is 0 Å². The van der Waals surface area contributed by atoms with Gasteiger partial charge in [-0.1, -0.05) is 26.0 Å². The molecule has 0 fully saturated rings. The number of hydrogen-bond acceptors (Lipinski definition) is 2. The van der Waals surface area contributed by atoms with E-state index in [1.807, 2.05) is 13.8 Å². The molecule has 0 aliphatic rings. The average Bonchev–Trinajstić information content (AvgIpc) is 2.33. The van der Waals surface area contributed by atoms with Gasteiger partial charge in [0.2, 0.25) is 0 Å². The van der Waals surface area contributed by atoms with Crippen LogP contribution in [0, 0.1) is 12.7 Å². The summed E-state index contributed by atoms with van der Waals surface area (Å²) in [6.07, 6.45) is -0.628. The normalized spacial score (nSPS) is 14.0. The molecule has 1 N–H and O–H groups in total. The van der Waals surface area contributed by atoms with Crippen LogP contribution in [0.5, 0.6) is 0 Å². The minimum Gasteiger partial charge on any atom is -0.386 e. The lowest BCUT2D eigenvalue weighted by Gasteiger charge is -2.41. The van der Waals surface area contributed by atoms with E-state index in [-0.39, 0.29) is 11.4 Å². The Labute approximate surface area is 109 Å². The maximum absolute atomic E-state index is 13.3. The Kier molecular flexibility index (Phi) is 4.88. The Balaban J connectivity index is 3.04. The number of likely N-dealkylation sites (N-methyl/N-ethyl adjacent to an activating group) is 1. The summed E-state index contributed by atoms with van der Waals surface area (Å²) < 4.78 is 13.3. The third-order valence-electron chi connectivity index (χ3n) is 3.75. The van der Waals surface area contributed by atoms with Gasteiger partial charge in [0.15, 0.2) is 0 Å². The third-order valence-corrected chi connectivity index (χ3v) is 3.75. The molecule has 2 nitrogen and oxygen atoms in total. The highest BCUT2D eigenvalue weighted by molar-refractivity contribution is 5.27. The monoisotopic (exact) mass is 253 g/mol. The molecule has 1 aromatic carbocycles. The SMILES string of the molecule is CCN(CC)C(C)(C)C(O)c1ccc(F)c(C)c1. The molecule has 0 aromatic heterocycles. The summed E-state index contributed by atoms with van der Waals surface area (Å²) >= 11 is 0. The zero-order valence-electron chi connectivity index (χ0n) is 12.0. The van der Waals surface area contributed by atoms with Gasteiger partial charge in [-0.25, -0.2) is 4.39 Å². The molecule has 0 saturated carbocycles. The zero-order chi connectivity index (χ0) is 13.9. The molecular weight excluding hydrogens is 229 g/mol. The number of benzene rings is 1. The van der Waals surface area contributed by atoms with E-state index >= 15 is 0 Å². The van der Waals surface area contributed by atoms with Gasteiger partial charge in [-0.3, -0.25) is 4.90 Å². The predicted molar refractivity (Wildman–Crippen MR) is 73.1 cm³/mol. The van der Waals surface area contributed by atoms with Crippen LogP contribution in [-0.4, -0.2) is 28.6 Å². The highest BCUT2D eigenvalue weighted by Crippen LogP contribution is 2.31. The average molecular weight is 253 g/mol. The number of hydrogen-bond donors (Lipinski definition) is 1. The molecule has 1 rings (SSSR count). The molecule has 3 heteroatoms. The van der Waals surface area contributed by atoms with Gasteiger partial charge in [0.25, 0.3) is 0 Å². The summed E-state index contributed by atoms with van der Waals surface area (Å²) in [7, 11) is 0. The molecular formula is C15H24FNO. The standard InChI is InChI=1S/C15H24FNO/c1-6-17(7-2)15(4,5)14(18)12-8-9-13(16)11(3)10-12/h8-10,14,18H,6-7H2,1-5H3. The number of nitrogens with zero attached hydrogens (tertiary/aromatic N) is 1. The van der Waals surface area contributed by atoms with Gasteiger partial charge in [-0.15, -0.1) is 0 Å². The molecule has 0 aliphatic carbocycles. The topological polar surface area (TPSA) is 23.5 Å². The summed E-state index contributed by atoms with van der Waals surface area (Å²) in [6, 6.07) is 4.82. The van der Waals surface area contributed by atoms with E-state index in [2.05, 4.69) is 18.7 Å². The number of rotatable bonds is 5. The van der Waals surface area contributed by atoms with Gasteiger partial charge >= 0.3 is 0 Å². The highest BCUT2D eigenvalue weighted by atomic mass is 19.1. The minimum absolute atomic E-state index is 0.230. The van der Waals surface area contributed by atoms with Crippen molar-refractivity contribution in [3.8, 4) is 0 Å². The lowest BCUT2D eigenvalue weighted by Crippen LogP contribution is -2.48. The Hall–Kier alpha value is -0.930. The first-order chi connectivity index (χ1) is 8.34. The van der Waals surface area contributed by atoms with E-state index in [1.165, 1.54) is 6.07 Å². The fraction of sp³-hybridized carbons (Fsp3) is 0.600. The fourth-order valence-corrected chi connectivity index (χ4v) is 2.46. The summed E-state index contributed by atoms with van der Waals surface area (Å²) in [5.74, 6) is -0.230. The second-order valence-corrected chi connectivity index (χ2v) is 5.24. The van der Waals surface area contributed by atoms with Crippen LogP contribution in [0.15, 0.2) is 18.2 Å². The van der Waals surface area contributed by atoms with E-state index in [9.17, 15) is 9.50 Å². The maximum atomic E-state index is 13.3. The van der Waals surface area contributed by atoms with E-state index < -0.39 is 6.10 Å². The van der Waals surface area contributed by atoms with Crippen LogP contribution in [0.2, 0.25) is 0 Å². The maximum Gasteiger partial charge on any atom is 0.126 e. The van der Waals surface area contributed by atoms with Gasteiger partial charge in [0, 0.05) is 5.54 Å². The minimum atomic E-state index is -0.628. The number of aliphatic hydroxyl groups is 1. The van der Waals surface area contributed by atoms with Crippen LogP contribution >= 0.6 is 0 Å². The Morgan fingerprint density at radius 3 is 2.28 bits per heavy atom. The van der Waals surface area contributed by atoms with Gasteiger partial charge in [0.05, 0.1) is 6.10 Å². The molecule has 0 radical (unpaired) electrons. The van der Waals surface area contributed by atoms with Gasteiger partial charge < -0.3 is 5.11 Å². The fourth-order valence-electron chi connectivity index (χ4n) is 2.46. The molecule has 0 saturated heterocycles. The van der Waals surface area contributed by atoms with Crippen molar-refractivity contribution in [2.45, 2.75) is 46.3 Å². The van der Waals surface area contributed by atoms with Gasteiger partial charge in [-0.05, 0) is 51.1 Å². The van der Waals surface area contributed by atoms with E-state index in [0.29, 0.717) is 5.56 Å². The Morgan fingerprint density at radius 2 is 1.83 bits per heavy atom. The number of halogens is 1. The van der Waals surface area contributed by atoms with Gasteiger partial charge in [0.1, 0.15) is 5.82 Å². The molecule has 18 heavy (non-hydrogen) atoms. The summed E-state index contributed by atoms with van der Waals surface area (Å²) in [4.78, 5) is 2.20. The molecule has 0 amide bonds. The zero-order valence-corrected chi connectivity index (χ0v) is 12.0. The van der Waals surface area contributed by atoms with E-state index in [1.54, 1.807) is 19.1 Å². The largest absolute Gasteiger partial charge is 0.386 e. The molecule has 1 aromatic rings. The van der Waals surface area contributed by atoms with Crippen LogP contribution in [0.25, 0.3) is 0 Å². The van der Waals surface area contributed by atoms with Crippen molar-refractivity contribution in [2.24, 2.45) is 0 Å². The second kappa shape index (κ2) is 5.81. The first-order valence-electron chi connectivity index (χ1n) is 6.53. The summed E-state index contributed by atoms with van der Waals surface area (Å²) in [5, 5.41) is 10.5. The first-order valence-corrected chi connectivity index (χ1v) is 6.53. The molecule has 1 unspecified atom stereocenters. The van der Waals surface area contributed by atoms with Gasteiger partial charge in [-0.2, -0.15) is 0 Å². The molecule has 0 bridgehead atoms. The van der Waals surface area contributed by atoms with Crippen LogP contribution in [0.4, 0.5) is 4.39 Å². The lowest BCUT2D eigenvalue weighted by atomic mass is 9.88. The van der Waals surface area contributed by atoms with Crippen molar-refractivity contribution < 1.29 is 9.50 Å². The Bertz CT molecular complexity index is 399. The molecule has 0 aliphatic heterocycles. The van der Waals surface area contributed by atoms with Crippen LogP contribution < -0.4 is 0 Å². The molecule has 1 atom stereocenters. The third kappa shape index (κ3) is 2.90. The number of aliphatic hydroxyl groups excluding tert-OH is 1. The van der Waals surface area contributed by atoms with Crippen LogP contribution in [-0.2, 0) is 0 Å². The highest BCUT2D eigenvalue weighted by Gasteiger charge is 2.33. The quantitative estimate of drug-likeness (QED) is 0.870. The first kappa shape index (κ1) is 15.1. The van der Waals surface area contributed by atoms with Crippen molar-refractivity contribution in [3.05, 3.63) is 35.1 Å².